The molecule has 2 N–H and O–H groups in total. The van der Waals surface area contributed by atoms with E-state index in [1.165, 1.54) is 13.1 Å². The van der Waals surface area contributed by atoms with E-state index in [1.54, 1.807) is 19.1 Å². The molecule has 0 atom stereocenters. The molecule has 1 rings (SSSR count). The van der Waals surface area contributed by atoms with Crippen molar-refractivity contribution in [2.75, 3.05) is 12.4 Å². The van der Waals surface area contributed by atoms with Gasteiger partial charge in [-0.05, 0) is 37.6 Å². The Bertz CT molecular complexity index is 565. The summed E-state index contributed by atoms with van der Waals surface area (Å²) in [6, 6.07) is 4.84. The van der Waals surface area contributed by atoms with Gasteiger partial charge in [-0.1, -0.05) is 19.9 Å². The average Bonchev–Trinajstić information content (AvgIpc) is 2.30. The van der Waals surface area contributed by atoms with Crippen molar-refractivity contribution >= 4 is 21.6 Å². The predicted molar refractivity (Wildman–Crippen MR) is 75.5 cm³/mol. The Kier molecular flexibility index (Phi) is 5.08. The van der Waals surface area contributed by atoms with E-state index in [-0.39, 0.29) is 16.7 Å². The van der Waals surface area contributed by atoms with Gasteiger partial charge in [-0.2, -0.15) is 0 Å². The lowest BCUT2D eigenvalue weighted by molar-refractivity contribution is -0.116. The highest BCUT2D eigenvalue weighted by Crippen LogP contribution is 2.20. The van der Waals surface area contributed by atoms with Crippen molar-refractivity contribution in [1.29, 1.82) is 0 Å². The summed E-state index contributed by atoms with van der Waals surface area (Å²) in [6.07, 6.45) is 0.405. The highest BCUT2D eigenvalue weighted by Gasteiger charge is 2.15. The molecule has 0 heterocycles. The number of anilines is 1. The van der Waals surface area contributed by atoms with Gasteiger partial charge in [0.25, 0.3) is 0 Å². The second-order valence-corrected chi connectivity index (χ2v) is 6.69. The van der Waals surface area contributed by atoms with Gasteiger partial charge in [-0.15, -0.1) is 0 Å². The van der Waals surface area contributed by atoms with Crippen molar-refractivity contribution in [3.8, 4) is 0 Å². The van der Waals surface area contributed by atoms with Crippen LogP contribution in [-0.4, -0.2) is 21.4 Å². The van der Waals surface area contributed by atoms with Gasteiger partial charge in [0.05, 0.1) is 4.90 Å². The summed E-state index contributed by atoms with van der Waals surface area (Å²) in [5.74, 6) is 0.137. The fourth-order valence-electron chi connectivity index (χ4n) is 1.66. The number of aryl methyl sites for hydroxylation is 1. The van der Waals surface area contributed by atoms with Crippen molar-refractivity contribution in [1.82, 2.24) is 4.72 Å². The lowest BCUT2D eigenvalue weighted by Gasteiger charge is -2.11. The molecule has 0 saturated heterocycles. The highest BCUT2D eigenvalue weighted by atomic mass is 32.2. The third kappa shape index (κ3) is 4.33. The van der Waals surface area contributed by atoms with Crippen LogP contribution in [0.2, 0.25) is 0 Å². The molecule has 0 radical (unpaired) electrons. The van der Waals surface area contributed by atoms with Crippen LogP contribution in [0.25, 0.3) is 0 Å². The second kappa shape index (κ2) is 6.16. The van der Waals surface area contributed by atoms with Crippen molar-refractivity contribution in [3.63, 3.8) is 0 Å². The molecule has 0 spiro atoms. The number of benzene rings is 1. The van der Waals surface area contributed by atoms with E-state index >= 15 is 0 Å². The quantitative estimate of drug-likeness (QED) is 0.867. The molecule has 0 unspecified atom stereocenters. The number of carbonyl (C=O) groups is 1. The summed E-state index contributed by atoms with van der Waals surface area (Å²) in [7, 11) is -2.15. The van der Waals surface area contributed by atoms with E-state index in [0.717, 1.165) is 0 Å². The third-order valence-corrected chi connectivity index (χ3v) is 4.18. The van der Waals surface area contributed by atoms with Crippen molar-refractivity contribution in [3.05, 3.63) is 23.8 Å². The van der Waals surface area contributed by atoms with Gasteiger partial charge in [-0.3, -0.25) is 4.79 Å². The van der Waals surface area contributed by atoms with Crippen molar-refractivity contribution in [2.24, 2.45) is 5.92 Å². The van der Waals surface area contributed by atoms with Crippen LogP contribution in [0.15, 0.2) is 23.1 Å². The number of rotatable bonds is 5. The van der Waals surface area contributed by atoms with Crippen LogP contribution in [-0.2, 0) is 14.8 Å². The second-order valence-electron chi connectivity index (χ2n) is 4.83. The molecule has 0 aliphatic rings. The van der Waals surface area contributed by atoms with Gasteiger partial charge in [0.15, 0.2) is 0 Å². The molecule has 0 saturated carbocycles. The number of sulfonamides is 1. The normalized spacial score (nSPS) is 11.6. The van der Waals surface area contributed by atoms with E-state index in [1.807, 2.05) is 13.8 Å². The summed E-state index contributed by atoms with van der Waals surface area (Å²) in [5, 5.41) is 2.71. The van der Waals surface area contributed by atoms with E-state index in [9.17, 15) is 13.2 Å². The number of amides is 1. The monoisotopic (exact) mass is 284 g/mol. The van der Waals surface area contributed by atoms with E-state index in [4.69, 9.17) is 0 Å². The summed E-state index contributed by atoms with van der Waals surface area (Å²) < 4.78 is 25.9. The van der Waals surface area contributed by atoms with Crippen LogP contribution in [0.3, 0.4) is 0 Å². The summed E-state index contributed by atoms with van der Waals surface area (Å²) in [5.41, 5.74) is 1.13. The van der Waals surface area contributed by atoms with Gasteiger partial charge >= 0.3 is 0 Å². The largest absolute Gasteiger partial charge is 0.326 e. The van der Waals surface area contributed by atoms with Crippen LogP contribution in [0.4, 0.5) is 5.69 Å². The van der Waals surface area contributed by atoms with Gasteiger partial charge in [0.1, 0.15) is 0 Å². The zero-order valence-electron chi connectivity index (χ0n) is 11.6. The minimum atomic E-state index is -3.51. The van der Waals surface area contributed by atoms with Gasteiger partial charge in [0, 0.05) is 12.1 Å². The van der Waals surface area contributed by atoms with E-state index in [0.29, 0.717) is 17.7 Å². The standard InChI is InChI=1S/C13H20N2O3S/c1-9(2)7-13(16)15-11-6-5-10(3)12(8-11)19(17,18)14-4/h5-6,8-9,14H,7H2,1-4H3,(H,15,16). The lowest BCUT2D eigenvalue weighted by Crippen LogP contribution is -2.20. The molecule has 1 aromatic rings. The van der Waals surface area contributed by atoms with Gasteiger partial charge in [0.2, 0.25) is 15.9 Å². The number of carbonyl (C=O) groups excluding carboxylic acids is 1. The fourth-order valence-corrected chi connectivity index (χ4v) is 2.65. The maximum atomic E-state index is 11.8. The molecule has 0 aliphatic heterocycles. The van der Waals surface area contributed by atoms with Crippen LogP contribution in [0.1, 0.15) is 25.8 Å². The Morgan fingerprint density at radius 2 is 1.95 bits per heavy atom. The third-order valence-electron chi connectivity index (χ3n) is 2.62. The summed E-state index contributed by atoms with van der Waals surface area (Å²) >= 11 is 0. The Labute approximate surface area is 114 Å². The zero-order valence-corrected chi connectivity index (χ0v) is 12.5. The molecule has 0 bridgehead atoms. The van der Waals surface area contributed by atoms with E-state index < -0.39 is 10.0 Å². The van der Waals surface area contributed by atoms with Crippen LogP contribution in [0, 0.1) is 12.8 Å². The minimum absolute atomic E-state index is 0.119. The molecule has 106 valence electrons. The smallest absolute Gasteiger partial charge is 0.240 e. The molecule has 0 aliphatic carbocycles. The number of nitrogens with one attached hydrogen (secondary N) is 2. The lowest BCUT2D eigenvalue weighted by atomic mass is 10.1. The van der Waals surface area contributed by atoms with Crippen LogP contribution in [0.5, 0.6) is 0 Å². The van der Waals surface area contributed by atoms with Gasteiger partial charge in [-0.25, -0.2) is 13.1 Å². The molecular formula is C13H20N2O3S. The minimum Gasteiger partial charge on any atom is -0.326 e. The first-order valence-corrected chi connectivity index (χ1v) is 7.58. The first-order valence-electron chi connectivity index (χ1n) is 6.10. The fraction of sp³-hybridized carbons (Fsp3) is 0.462. The Balaban J connectivity index is 3.01. The molecule has 1 aromatic carbocycles. The predicted octanol–water partition coefficient (Wildman–Crippen LogP) is 1.89. The first-order chi connectivity index (χ1) is 8.76. The maximum absolute atomic E-state index is 11.8. The van der Waals surface area contributed by atoms with Crippen LogP contribution >= 0.6 is 0 Å². The molecule has 0 aromatic heterocycles. The molecular weight excluding hydrogens is 264 g/mol. The van der Waals surface area contributed by atoms with E-state index in [2.05, 4.69) is 10.0 Å². The SMILES string of the molecule is CNS(=O)(=O)c1cc(NC(=O)CC(C)C)ccc1C. The molecule has 19 heavy (non-hydrogen) atoms. The zero-order chi connectivity index (χ0) is 14.6. The Hall–Kier alpha value is -1.40. The Morgan fingerprint density at radius 3 is 2.47 bits per heavy atom. The van der Waals surface area contributed by atoms with Crippen molar-refractivity contribution in [2.45, 2.75) is 32.1 Å². The highest BCUT2D eigenvalue weighted by molar-refractivity contribution is 7.89. The Morgan fingerprint density at radius 1 is 1.32 bits per heavy atom. The number of hydrogen-bond acceptors (Lipinski definition) is 3. The van der Waals surface area contributed by atoms with Gasteiger partial charge < -0.3 is 5.32 Å². The average molecular weight is 284 g/mol. The summed E-state index contributed by atoms with van der Waals surface area (Å²) in [4.78, 5) is 11.8. The summed E-state index contributed by atoms with van der Waals surface area (Å²) in [6.45, 7) is 5.61. The molecule has 1 amide bonds. The molecule has 5 nitrogen and oxygen atoms in total. The number of hydrogen-bond donors (Lipinski definition) is 2. The van der Waals surface area contributed by atoms with Crippen molar-refractivity contribution < 1.29 is 13.2 Å². The maximum Gasteiger partial charge on any atom is 0.240 e. The topological polar surface area (TPSA) is 75.3 Å². The van der Waals surface area contributed by atoms with Crippen LogP contribution < -0.4 is 10.0 Å². The first kappa shape index (κ1) is 15.7. The molecule has 0 fully saturated rings. The molecule has 6 heteroatoms.